The third kappa shape index (κ3) is 8.14. The van der Waals surface area contributed by atoms with Crippen molar-refractivity contribution in [2.75, 3.05) is 0 Å². The first-order valence-corrected chi connectivity index (χ1v) is 6.11. The van der Waals surface area contributed by atoms with Crippen molar-refractivity contribution in [3.63, 3.8) is 0 Å². The molecule has 2 heteroatoms. The van der Waals surface area contributed by atoms with E-state index >= 15 is 0 Å². The van der Waals surface area contributed by atoms with Crippen LogP contribution in [-0.2, 0) is 0 Å². The van der Waals surface area contributed by atoms with Gasteiger partial charge in [0.1, 0.15) is 0 Å². The van der Waals surface area contributed by atoms with Crippen molar-refractivity contribution >= 4 is 11.9 Å². The first-order valence-electron chi connectivity index (χ1n) is 6.11. The molecular weight excluding hydrogens is 208 g/mol. The number of rotatable bonds is 3. The van der Waals surface area contributed by atoms with Gasteiger partial charge in [-0.3, -0.25) is 9.98 Å². The molecule has 0 atom stereocenters. The highest BCUT2D eigenvalue weighted by atomic mass is 14.8. The molecule has 0 N–H and O–H groups in total. The Bertz CT molecular complexity index is 324. The summed E-state index contributed by atoms with van der Waals surface area (Å²) in [6.45, 7) is 13.5. The Balaban J connectivity index is 0. The first-order chi connectivity index (χ1) is 8.38. The van der Waals surface area contributed by atoms with Crippen LogP contribution in [0.5, 0.6) is 0 Å². The van der Waals surface area contributed by atoms with Gasteiger partial charge in [0, 0.05) is 12.4 Å². The second-order valence-electron chi connectivity index (χ2n) is 2.39. The molecule has 1 aromatic heterocycles. The quantitative estimate of drug-likeness (QED) is 0.545. The third-order valence-electron chi connectivity index (χ3n) is 1.47. The number of hydrogen-bond acceptors (Lipinski definition) is 2. The summed E-state index contributed by atoms with van der Waals surface area (Å²) >= 11 is 0. The van der Waals surface area contributed by atoms with E-state index < -0.39 is 0 Å². The molecule has 0 saturated heterocycles. The maximum absolute atomic E-state index is 4.19. The van der Waals surface area contributed by atoms with Gasteiger partial charge in [-0.05, 0) is 25.1 Å². The fourth-order valence-corrected chi connectivity index (χ4v) is 0.960. The highest BCUT2D eigenvalue weighted by Gasteiger charge is 1.96. The molecule has 17 heavy (non-hydrogen) atoms. The minimum atomic E-state index is 0.832. The lowest BCUT2D eigenvalue weighted by atomic mass is 10.2. The first kappa shape index (κ1) is 17.7. The molecule has 0 radical (unpaired) electrons. The van der Waals surface area contributed by atoms with Gasteiger partial charge in [0.15, 0.2) is 0 Å². The number of pyridine rings is 1. The molecule has 94 valence electrons. The Hall–Kier alpha value is -1.70. The average molecular weight is 232 g/mol. The molecule has 0 fully saturated rings. The van der Waals surface area contributed by atoms with Crippen LogP contribution in [0.15, 0.2) is 48.1 Å². The summed E-state index contributed by atoms with van der Waals surface area (Å²) in [6, 6.07) is 5.73. The van der Waals surface area contributed by atoms with E-state index in [0.717, 1.165) is 11.4 Å². The van der Waals surface area contributed by atoms with Crippen molar-refractivity contribution in [3.05, 3.63) is 48.8 Å². The highest BCUT2D eigenvalue weighted by Crippen LogP contribution is 2.11. The Kier molecular flexibility index (Phi) is 14.9. The summed E-state index contributed by atoms with van der Waals surface area (Å²) in [6.07, 6.45) is 7.03. The minimum Gasteiger partial charge on any atom is -0.259 e. The number of aromatic nitrogens is 1. The van der Waals surface area contributed by atoms with Gasteiger partial charge in [0.2, 0.25) is 0 Å². The maximum atomic E-state index is 4.19. The summed E-state index contributed by atoms with van der Waals surface area (Å²) in [7, 11) is 0. The maximum Gasteiger partial charge on any atom is 0.0885 e. The zero-order valence-electron chi connectivity index (χ0n) is 11.6. The van der Waals surface area contributed by atoms with Crippen LogP contribution in [-0.4, -0.2) is 11.2 Å². The summed E-state index contributed by atoms with van der Waals surface area (Å²) in [5.74, 6) is 0. The van der Waals surface area contributed by atoms with E-state index in [1.54, 1.807) is 18.5 Å². The average Bonchev–Trinajstić information content (AvgIpc) is 2.44. The second kappa shape index (κ2) is 14.3. The number of nitrogens with zero attached hydrogens (tertiary/aromatic N) is 2. The van der Waals surface area contributed by atoms with E-state index in [4.69, 9.17) is 0 Å². The predicted octanol–water partition coefficient (Wildman–Crippen LogP) is 4.75. The van der Waals surface area contributed by atoms with E-state index in [-0.39, 0.29) is 0 Å². The fourth-order valence-electron chi connectivity index (χ4n) is 0.960. The Labute approximate surface area is 106 Å². The summed E-state index contributed by atoms with van der Waals surface area (Å²) in [5.41, 5.74) is 1.69. The molecule has 1 rings (SSSR count). The zero-order chi connectivity index (χ0) is 13.5. The smallest absolute Gasteiger partial charge is 0.0885 e. The molecule has 1 aromatic rings. The van der Waals surface area contributed by atoms with Crippen molar-refractivity contribution in [2.24, 2.45) is 4.99 Å². The molecule has 2 nitrogen and oxygen atoms in total. The topological polar surface area (TPSA) is 25.2 Å². The van der Waals surface area contributed by atoms with E-state index in [0.29, 0.717) is 0 Å². The van der Waals surface area contributed by atoms with Crippen LogP contribution in [0.3, 0.4) is 0 Å². The van der Waals surface area contributed by atoms with Gasteiger partial charge < -0.3 is 0 Å². The van der Waals surface area contributed by atoms with Crippen LogP contribution in [0.4, 0.5) is 0 Å². The van der Waals surface area contributed by atoms with Crippen molar-refractivity contribution < 1.29 is 0 Å². The minimum absolute atomic E-state index is 0.832. The highest BCUT2D eigenvalue weighted by molar-refractivity contribution is 5.71. The number of aliphatic imine (C=N–C) groups is 1. The van der Waals surface area contributed by atoms with Crippen LogP contribution < -0.4 is 0 Å². The van der Waals surface area contributed by atoms with E-state index in [1.165, 1.54) is 0 Å². The number of hydrogen-bond donors (Lipinski definition) is 0. The van der Waals surface area contributed by atoms with Crippen LogP contribution >= 0.6 is 0 Å². The van der Waals surface area contributed by atoms with Gasteiger partial charge in [-0.1, -0.05) is 46.4 Å². The lowest BCUT2D eigenvalue weighted by Crippen LogP contribution is -1.84. The second-order valence-corrected chi connectivity index (χ2v) is 2.39. The monoisotopic (exact) mass is 232 g/mol. The normalized spacial score (nSPS) is 9.82. The predicted molar refractivity (Wildman–Crippen MR) is 79.3 cm³/mol. The van der Waals surface area contributed by atoms with Gasteiger partial charge in [-0.2, -0.15) is 0 Å². The van der Waals surface area contributed by atoms with Crippen molar-refractivity contribution in [1.29, 1.82) is 0 Å². The lowest BCUT2D eigenvalue weighted by Gasteiger charge is -1.97. The van der Waals surface area contributed by atoms with Crippen LogP contribution in [0, 0.1) is 0 Å². The Morgan fingerprint density at radius 2 is 1.88 bits per heavy atom. The molecule has 0 aromatic carbocycles. The molecule has 0 spiro atoms. The number of allylic oxidation sites excluding steroid dienone is 2. The van der Waals surface area contributed by atoms with Gasteiger partial charge in [-0.25, -0.2) is 0 Å². The third-order valence-corrected chi connectivity index (χ3v) is 1.47. The zero-order valence-corrected chi connectivity index (χ0v) is 11.6. The molecule has 0 aliphatic heterocycles. The molecular formula is C15H24N2. The molecule has 0 amide bonds. The molecule has 0 aliphatic carbocycles. The Morgan fingerprint density at radius 3 is 2.29 bits per heavy atom. The molecule has 1 heterocycles. The SMILES string of the molecule is C=C/C=C(\N=CC)c1ccccn1.CC.CC. The van der Waals surface area contributed by atoms with E-state index in [2.05, 4.69) is 16.6 Å². The summed E-state index contributed by atoms with van der Waals surface area (Å²) < 4.78 is 0. The molecule has 0 unspecified atom stereocenters. The molecule has 0 saturated carbocycles. The van der Waals surface area contributed by atoms with Crippen LogP contribution in [0.1, 0.15) is 40.3 Å². The van der Waals surface area contributed by atoms with Gasteiger partial charge in [0.05, 0.1) is 11.4 Å². The van der Waals surface area contributed by atoms with Gasteiger partial charge in [0.25, 0.3) is 0 Å². The largest absolute Gasteiger partial charge is 0.259 e. The van der Waals surface area contributed by atoms with Crippen molar-refractivity contribution in [2.45, 2.75) is 34.6 Å². The lowest BCUT2D eigenvalue weighted by molar-refractivity contribution is 1.26. The van der Waals surface area contributed by atoms with Gasteiger partial charge in [-0.15, -0.1) is 0 Å². The van der Waals surface area contributed by atoms with Crippen LogP contribution in [0.25, 0.3) is 5.70 Å². The fraction of sp³-hybridized carbons (Fsp3) is 0.333. The summed E-state index contributed by atoms with van der Waals surface area (Å²) in [4.78, 5) is 8.37. The van der Waals surface area contributed by atoms with Crippen molar-refractivity contribution in [1.82, 2.24) is 4.98 Å². The van der Waals surface area contributed by atoms with Crippen LogP contribution in [0.2, 0.25) is 0 Å². The summed E-state index contributed by atoms with van der Waals surface area (Å²) in [5, 5.41) is 0. The van der Waals surface area contributed by atoms with Gasteiger partial charge >= 0.3 is 0 Å². The molecule has 0 bridgehead atoms. The standard InChI is InChI=1S/C11H12N2.2C2H6/c1-3-7-10(12-4-2)11-8-5-6-9-13-11;2*1-2/h3-9H,1H2,2H3;2*1-2H3/b10-7-,12-4?;;. The van der Waals surface area contributed by atoms with E-state index in [9.17, 15) is 0 Å². The molecule has 0 aliphatic rings. The Morgan fingerprint density at radius 1 is 1.24 bits per heavy atom. The van der Waals surface area contributed by atoms with E-state index in [1.807, 2.05) is 58.9 Å². The van der Waals surface area contributed by atoms with Crippen molar-refractivity contribution in [3.8, 4) is 0 Å².